The number of sulfone groups is 1. The van der Waals surface area contributed by atoms with Crippen LogP contribution in [0.25, 0.3) is 0 Å². The van der Waals surface area contributed by atoms with Gasteiger partial charge in [-0.2, -0.15) is 0 Å². The topological polar surface area (TPSA) is 60.2 Å². The fourth-order valence-electron chi connectivity index (χ4n) is 1.44. The Morgan fingerprint density at radius 1 is 1.35 bits per heavy atom. The van der Waals surface area contributed by atoms with Gasteiger partial charge in [0.05, 0.1) is 5.75 Å². The zero-order valence-electron chi connectivity index (χ0n) is 9.49. The molecule has 0 aliphatic rings. The van der Waals surface area contributed by atoms with Gasteiger partial charge in [0.25, 0.3) is 0 Å². The largest absolute Gasteiger partial charge is 0.327 e. The van der Waals surface area contributed by atoms with Crippen molar-refractivity contribution in [2.75, 3.05) is 12.0 Å². The predicted octanol–water partition coefficient (Wildman–Crippen LogP) is 1.27. The maximum absolute atomic E-state index is 13.3. The van der Waals surface area contributed by atoms with Gasteiger partial charge < -0.3 is 5.73 Å². The molecule has 1 unspecified atom stereocenters. The van der Waals surface area contributed by atoms with Crippen LogP contribution < -0.4 is 5.73 Å². The van der Waals surface area contributed by atoms with Gasteiger partial charge in [-0.15, -0.1) is 0 Å². The van der Waals surface area contributed by atoms with Crippen LogP contribution in [0.1, 0.15) is 12.0 Å². The molecule has 0 saturated carbocycles. The molecule has 0 radical (unpaired) electrons. The van der Waals surface area contributed by atoms with Crippen LogP contribution in [0.5, 0.6) is 0 Å². The molecule has 0 aromatic heterocycles. The third-order valence-corrected chi connectivity index (χ3v) is 3.33. The van der Waals surface area contributed by atoms with Gasteiger partial charge in [-0.3, -0.25) is 0 Å². The first kappa shape index (κ1) is 14.1. The minimum Gasteiger partial charge on any atom is -0.327 e. The number of benzene rings is 1. The van der Waals surface area contributed by atoms with E-state index >= 15 is 0 Å². The summed E-state index contributed by atoms with van der Waals surface area (Å²) in [5.41, 5.74) is 5.99. The van der Waals surface area contributed by atoms with E-state index in [4.69, 9.17) is 5.73 Å². The summed E-state index contributed by atoms with van der Waals surface area (Å²) in [6.07, 6.45) is 1.58. The Labute approximate surface area is 99.6 Å². The molecule has 0 aliphatic carbocycles. The van der Waals surface area contributed by atoms with Gasteiger partial charge in [0.15, 0.2) is 0 Å². The van der Waals surface area contributed by atoms with E-state index in [2.05, 4.69) is 0 Å². The third kappa shape index (κ3) is 5.23. The molecule has 96 valence electrons. The number of nitrogens with two attached hydrogens (primary N) is 1. The van der Waals surface area contributed by atoms with Gasteiger partial charge >= 0.3 is 0 Å². The summed E-state index contributed by atoms with van der Waals surface area (Å²) < 4.78 is 47.8. The molecule has 6 heteroatoms. The van der Waals surface area contributed by atoms with E-state index in [1.165, 1.54) is 6.07 Å². The Balaban J connectivity index is 2.59. The Morgan fingerprint density at radius 2 is 2.00 bits per heavy atom. The number of hydrogen-bond acceptors (Lipinski definition) is 3. The quantitative estimate of drug-likeness (QED) is 0.870. The molecule has 0 fully saturated rings. The average molecular weight is 263 g/mol. The van der Waals surface area contributed by atoms with Gasteiger partial charge in [-0.25, -0.2) is 17.2 Å². The summed E-state index contributed by atoms with van der Waals surface area (Å²) in [5.74, 6) is -1.33. The summed E-state index contributed by atoms with van der Waals surface area (Å²) in [4.78, 5) is 0. The van der Waals surface area contributed by atoms with E-state index in [1.54, 1.807) is 0 Å². The molecule has 3 nitrogen and oxygen atoms in total. The number of hydrogen-bond donors (Lipinski definition) is 1. The van der Waals surface area contributed by atoms with Crippen molar-refractivity contribution in [1.29, 1.82) is 0 Å². The molecule has 0 saturated heterocycles. The zero-order chi connectivity index (χ0) is 13.1. The Bertz CT molecular complexity index is 488. The maximum atomic E-state index is 13.3. The Hall–Kier alpha value is -1.01. The van der Waals surface area contributed by atoms with Gasteiger partial charge in [-0.05, 0) is 24.5 Å². The van der Waals surface area contributed by atoms with Gasteiger partial charge in [0.1, 0.15) is 21.5 Å². The molecular weight excluding hydrogens is 248 g/mol. The molecule has 0 spiro atoms. The second kappa shape index (κ2) is 5.55. The van der Waals surface area contributed by atoms with E-state index in [0.29, 0.717) is 5.56 Å². The highest BCUT2D eigenvalue weighted by Gasteiger charge is 2.11. The van der Waals surface area contributed by atoms with Gasteiger partial charge in [0.2, 0.25) is 0 Å². The smallest absolute Gasteiger partial charge is 0.147 e. The summed E-state index contributed by atoms with van der Waals surface area (Å²) >= 11 is 0. The van der Waals surface area contributed by atoms with Crippen LogP contribution in [-0.4, -0.2) is 26.5 Å². The van der Waals surface area contributed by atoms with Crippen molar-refractivity contribution in [1.82, 2.24) is 0 Å². The first-order valence-corrected chi connectivity index (χ1v) is 7.21. The van der Waals surface area contributed by atoms with Crippen molar-refractivity contribution >= 4 is 9.84 Å². The molecule has 2 N–H and O–H groups in total. The number of rotatable bonds is 5. The van der Waals surface area contributed by atoms with Crippen LogP contribution in [-0.2, 0) is 16.3 Å². The molecule has 1 aromatic carbocycles. The molecule has 0 aliphatic heterocycles. The molecule has 1 aromatic rings. The van der Waals surface area contributed by atoms with Crippen molar-refractivity contribution in [2.45, 2.75) is 18.9 Å². The molecule has 1 atom stereocenters. The number of halogens is 2. The monoisotopic (exact) mass is 263 g/mol. The first-order valence-electron chi connectivity index (χ1n) is 5.15. The standard InChI is InChI=1S/C11H15F2NO2S/c1-17(15,16)5-4-10(14)6-8-2-3-9(12)7-11(8)13/h2-3,7,10H,4-6,14H2,1H3. The fraction of sp³-hybridized carbons (Fsp3) is 0.455. The highest BCUT2D eigenvalue weighted by Crippen LogP contribution is 2.12. The molecule has 17 heavy (non-hydrogen) atoms. The molecule has 1 rings (SSSR count). The van der Waals surface area contributed by atoms with E-state index in [-0.39, 0.29) is 18.6 Å². The van der Waals surface area contributed by atoms with Crippen molar-refractivity contribution in [2.24, 2.45) is 5.73 Å². The molecule has 0 heterocycles. The van der Waals surface area contributed by atoms with Crippen LogP contribution >= 0.6 is 0 Å². The zero-order valence-corrected chi connectivity index (χ0v) is 10.3. The lowest BCUT2D eigenvalue weighted by atomic mass is 10.0. The van der Waals surface area contributed by atoms with Gasteiger partial charge in [0, 0.05) is 18.4 Å². The molecule has 0 bridgehead atoms. The second-order valence-electron chi connectivity index (χ2n) is 4.12. The Kier molecular flexibility index (Phi) is 4.59. The highest BCUT2D eigenvalue weighted by molar-refractivity contribution is 7.90. The highest BCUT2D eigenvalue weighted by atomic mass is 32.2. The normalized spacial score (nSPS) is 13.6. The minimum atomic E-state index is -3.06. The second-order valence-corrected chi connectivity index (χ2v) is 6.38. The molecule has 0 amide bonds. The van der Waals surface area contributed by atoms with E-state index in [9.17, 15) is 17.2 Å². The fourth-order valence-corrected chi connectivity index (χ4v) is 2.17. The van der Waals surface area contributed by atoms with Crippen LogP contribution in [0.15, 0.2) is 18.2 Å². The van der Waals surface area contributed by atoms with E-state index < -0.39 is 27.5 Å². The van der Waals surface area contributed by atoms with E-state index in [1.807, 2.05) is 0 Å². The summed E-state index contributed by atoms with van der Waals surface area (Å²) in [7, 11) is -3.06. The van der Waals surface area contributed by atoms with Crippen molar-refractivity contribution in [3.05, 3.63) is 35.4 Å². The van der Waals surface area contributed by atoms with Crippen LogP contribution in [0, 0.1) is 11.6 Å². The average Bonchev–Trinajstić information content (AvgIpc) is 2.18. The maximum Gasteiger partial charge on any atom is 0.147 e. The SMILES string of the molecule is CS(=O)(=O)CCC(N)Cc1ccc(F)cc1F. The lowest BCUT2D eigenvalue weighted by Gasteiger charge is -2.11. The predicted molar refractivity (Wildman–Crippen MR) is 62.4 cm³/mol. The summed E-state index contributed by atoms with van der Waals surface area (Å²) in [5, 5.41) is 0. The summed E-state index contributed by atoms with van der Waals surface area (Å²) in [6, 6.07) is 2.82. The van der Waals surface area contributed by atoms with Gasteiger partial charge in [-0.1, -0.05) is 6.07 Å². The first-order chi connectivity index (χ1) is 7.78. The molecular formula is C11H15F2NO2S. The van der Waals surface area contributed by atoms with Crippen molar-refractivity contribution < 1.29 is 17.2 Å². The minimum absolute atomic E-state index is 0.0308. The van der Waals surface area contributed by atoms with Crippen LogP contribution in [0.2, 0.25) is 0 Å². The van der Waals surface area contributed by atoms with Crippen LogP contribution in [0.3, 0.4) is 0 Å². The van der Waals surface area contributed by atoms with Crippen molar-refractivity contribution in [3.63, 3.8) is 0 Å². The lowest BCUT2D eigenvalue weighted by Crippen LogP contribution is -2.26. The van der Waals surface area contributed by atoms with E-state index in [0.717, 1.165) is 18.4 Å². The van der Waals surface area contributed by atoms with Crippen LogP contribution in [0.4, 0.5) is 8.78 Å². The summed E-state index contributed by atoms with van der Waals surface area (Å²) in [6.45, 7) is 0. The lowest BCUT2D eigenvalue weighted by molar-refractivity contribution is 0.553. The third-order valence-electron chi connectivity index (χ3n) is 2.36. The van der Waals surface area contributed by atoms with Crippen molar-refractivity contribution in [3.8, 4) is 0 Å². The Morgan fingerprint density at radius 3 is 2.53 bits per heavy atom.